The Labute approximate surface area is 270 Å². The van der Waals surface area contributed by atoms with E-state index >= 15 is 0 Å². The molecule has 5 atom stereocenters. The summed E-state index contributed by atoms with van der Waals surface area (Å²) in [5, 5.41) is 43.6. The van der Waals surface area contributed by atoms with Crippen molar-refractivity contribution in [2.75, 3.05) is 6.54 Å². The van der Waals surface area contributed by atoms with E-state index in [-0.39, 0.29) is 57.7 Å². The molecule has 2 aliphatic heterocycles. The highest BCUT2D eigenvalue weighted by Gasteiger charge is 2.45. The van der Waals surface area contributed by atoms with Crippen LogP contribution in [0.25, 0.3) is 0 Å². The number of carbonyl (C=O) groups excluding carboxylic acids is 3. The van der Waals surface area contributed by atoms with Crippen LogP contribution in [0, 0.1) is 0 Å². The molecule has 0 amide bonds. The van der Waals surface area contributed by atoms with Crippen LogP contribution in [0.5, 0.6) is 17.2 Å². The monoisotopic (exact) mass is 641 g/mol. The topological polar surface area (TPSA) is 172 Å². The Bertz CT molecular complexity index is 1800. The van der Waals surface area contributed by atoms with Crippen molar-refractivity contribution in [3.63, 3.8) is 0 Å². The van der Waals surface area contributed by atoms with Gasteiger partial charge in [-0.2, -0.15) is 0 Å². The van der Waals surface area contributed by atoms with Crippen LogP contribution in [0.4, 0.5) is 0 Å². The van der Waals surface area contributed by atoms with Crippen LogP contribution in [-0.2, 0) is 28.8 Å². The summed E-state index contributed by atoms with van der Waals surface area (Å²) >= 11 is 0. The highest BCUT2D eigenvalue weighted by atomic mass is 16.7. The Morgan fingerprint density at radius 1 is 0.936 bits per heavy atom. The van der Waals surface area contributed by atoms with Crippen LogP contribution in [-0.4, -0.2) is 81.4 Å². The number of carbonyl (C=O) groups is 3. The standard InChI is InChI=1S/C36H35NO10/c1-18-29(39)33(43)34(44)36(45-18)47-35-24(10-6-9-20-7-4-3-5-8-20)31(41)28-27(26(35)15-21-13-14-37-17-21)32(42)25-16-22(46-19(2)38)11-12-23(25)30(28)40/h3-5,7-8,11-13,16-18,29,33-34,36,39,41,43-44H,6,9-10,14-15H2,1-2H3. The molecule has 0 bridgehead atoms. The van der Waals surface area contributed by atoms with E-state index in [1.165, 1.54) is 32.0 Å². The average molecular weight is 642 g/mol. The SMILES string of the molecule is CC(=O)Oc1ccc2c(c1)C(=O)c1c(CC3=CCN=C3)c(OC3OC(C)C(O)C(O)C3O)c(CCCc3ccccc3)c(O)c1C2=O. The van der Waals surface area contributed by atoms with Gasteiger partial charge in [0.25, 0.3) is 0 Å². The largest absolute Gasteiger partial charge is 0.507 e. The Balaban J connectivity index is 1.53. The average Bonchev–Trinajstić information content (AvgIpc) is 3.57. The maximum absolute atomic E-state index is 14.3. The third-order valence-electron chi connectivity index (χ3n) is 8.69. The number of aliphatic imine (C=N–C) groups is 1. The van der Waals surface area contributed by atoms with Crippen molar-refractivity contribution in [2.24, 2.45) is 4.99 Å². The van der Waals surface area contributed by atoms with Crippen LogP contribution in [0.3, 0.4) is 0 Å². The highest BCUT2D eigenvalue weighted by molar-refractivity contribution is 6.30. The minimum atomic E-state index is -1.68. The molecule has 3 aliphatic rings. The summed E-state index contributed by atoms with van der Waals surface area (Å²) in [6, 6.07) is 13.8. The predicted molar refractivity (Wildman–Crippen MR) is 169 cm³/mol. The van der Waals surface area contributed by atoms with E-state index in [1.54, 1.807) is 6.21 Å². The number of hydrogen-bond donors (Lipinski definition) is 4. The number of aliphatic hydroxyl groups is 3. The maximum Gasteiger partial charge on any atom is 0.308 e. The molecule has 1 fully saturated rings. The van der Waals surface area contributed by atoms with Gasteiger partial charge in [-0.25, -0.2) is 0 Å². The van der Waals surface area contributed by atoms with E-state index in [2.05, 4.69) is 4.99 Å². The zero-order chi connectivity index (χ0) is 33.4. The molecule has 1 aliphatic carbocycles. The third kappa shape index (κ3) is 6.22. The summed E-state index contributed by atoms with van der Waals surface area (Å²) in [5.74, 6) is -2.13. The molecule has 1 saturated heterocycles. The first-order chi connectivity index (χ1) is 22.5. The lowest BCUT2D eigenvalue weighted by molar-refractivity contribution is -0.268. The number of aryl methyl sites for hydroxylation is 1. The van der Waals surface area contributed by atoms with Crippen molar-refractivity contribution >= 4 is 23.8 Å². The summed E-state index contributed by atoms with van der Waals surface area (Å²) in [6.45, 7) is 3.15. The molecule has 11 nitrogen and oxygen atoms in total. The summed E-state index contributed by atoms with van der Waals surface area (Å²) in [6.07, 6.45) is -2.13. The first-order valence-corrected chi connectivity index (χ1v) is 15.5. The minimum absolute atomic E-state index is 0.0140. The van der Waals surface area contributed by atoms with Crippen LogP contribution >= 0.6 is 0 Å². The van der Waals surface area contributed by atoms with Crippen molar-refractivity contribution in [1.82, 2.24) is 0 Å². The van der Waals surface area contributed by atoms with Gasteiger partial charge in [0.1, 0.15) is 35.6 Å². The Morgan fingerprint density at radius 2 is 1.68 bits per heavy atom. The van der Waals surface area contributed by atoms with Crippen molar-refractivity contribution in [3.05, 3.63) is 99.1 Å². The zero-order valence-electron chi connectivity index (χ0n) is 25.9. The van der Waals surface area contributed by atoms with E-state index in [4.69, 9.17) is 14.2 Å². The molecule has 6 rings (SSSR count). The van der Waals surface area contributed by atoms with Crippen LogP contribution in [0.2, 0.25) is 0 Å². The fourth-order valence-electron chi connectivity index (χ4n) is 6.30. The van der Waals surface area contributed by atoms with Crippen LogP contribution < -0.4 is 9.47 Å². The second-order valence-corrected chi connectivity index (χ2v) is 11.9. The van der Waals surface area contributed by atoms with E-state index in [1.807, 2.05) is 36.4 Å². The highest BCUT2D eigenvalue weighted by Crippen LogP contribution is 2.46. The van der Waals surface area contributed by atoms with Gasteiger partial charge in [-0.3, -0.25) is 19.4 Å². The number of nitrogens with zero attached hydrogens (tertiary/aromatic N) is 1. The van der Waals surface area contributed by atoms with Gasteiger partial charge in [0.2, 0.25) is 6.29 Å². The lowest BCUT2D eigenvalue weighted by atomic mass is 9.78. The minimum Gasteiger partial charge on any atom is -0.507 e. The van der Waals surface area contributed by atoms with Gasteiger partial charge in [0.05, 0.1) is 18.2 Å². The zero-order valence-corrected chi connectivity index (χ0v) is 25.9. The number of phenolic OH excluding ortho intramolecular Hbond substituents is 1. The second-order valence-electron chi connectivity index (χ2n) is 11.9. The number of fused-ring (bicyclic) bond motifs is 2. The summed E-state index contributed by atoms with van der Waals surface area (Å²) in [7, 11) is 0. The summed E-state index contributed by atoms with van der Waals surface area (Å²) < 4.78 is 17.3. The Hall–Kier alpha value is -4.68. The molecule has 47 heavy (non-hydrogen) atoms. The van der Waals surface area contributed by atoms with Gasteiger partial charge >= 0.3 is 5.97 Å². The number of benzene rings is 3. The molecule has 3 aromatic carbocycles. The molecule has 2 heterocycles. The molecule has 0 saturated carbocycles. The van der Waals surface area contributed by atoms with Crippen LogP contribution in [0.15, 0.2) is 65.2 Å². The van der Waals surface area contributed by atoms with Crippen molar-refractivity contribution < 1.29 is 49.0 Å². The molecule has 11 heteroatoms. The first kappa shape index (κ1) is 32.3. The molecule has 3 aromatic rings. The number of ether oxygens (including phenoxy) is 3. The van der Waals surface area contributed by atoms with Gasteiger partial charge in [-0.15, -0.1) is 0 Å². The van der Waals surface area contributed by atoms with Gasteiger partial charge in [0.15, 0.2) is 11.6 Å². The van der Waals surface area contributed by atoms with E-state index in [0.717, 1.165) is 11.1 Å². The molecule has 0 aromatic heterocycles. The number of aliphatic hydroxyl groups excluding tert-OH is 3. The Kier molecular flexibility index (Phi) is 9.07. The van der Waals surface area contributed by atoms with E-state index in [0.29, 0.717) is 19.4 Å². The number of phenols is 1. The fourth-order valence-corrected chi connectivity index (χ4v) is 6.30. The van der Waals surface area contributed by atoms with E-state index < -0.39 is 54.0 Å². The lowest BCUT2D eigenvalue weighted by Gasteiger charge is -2.39. The molecule has 0 spiro atoms. The van der Waals surface area contributed by atoms with Gasteiger partial charge < -0.3 is 34.6 Å². The number of hydrogen-bond acceptors (Lipinski definition) is 11. The van der Waals surface area contributed by atoms with Gasteiger partial charge in [0, 0.05) is 47.4 Å². The fraction of sp³-hybridized carbons (Fsp3) is 0.333. The van der Waals surface area contributed by atoms with Crippen molar-refractivity contribution in [3.8, 4) is 17.2 Å². The molecular formula is C36H35NO10. The third-order valence-corrected chi connectivity index (χ3v) is 8.69. The van der Waals surface area contributed by atoms with E-state index in [9.17, 15) is 34.8 Å². The number of aromatic hydroxyl groups is 1. The quantitative estimate of drug-likeness (QED) is 0.157. The normalized spacial score (nSPS) is 23.3. The predicted octanol–water partition coefficient (Wildman–Crippen LogP) is 3.03. The molecule has 0 radical (unpaired) electrons. The lowest BCUT2D eigenvalue weighted by Crippen LogP contribution is -2.58. The molecular weight excluding hydrogens is 606 g/mol. The molecule has 5 unspecified atom stereocenters. The van der Waals surface area contributed by atoms with Crippen molar-refractivity contribution in [2.45, 2.75) is 70.2 Å². The smallest absolute Gasteiger partial charge is 0.308 e. The van der Waals surface area contributed by atoms with Crippen LogP contribution in [0.1, 0.15) is 68.8 Å². The number of allylic oxidation sites excluding steroid dienone is 1. The first-order valence-electron chi connectivity index (χ1n) is 15.5. The number of rotatable bonds is 9. The van der Waals surface area contributed by atoms with Gasteiger partial charge in [-0.1, -0.05) is 36.4 Å². The second kappa shape index (κ2) is 13.2. The number of ketones is 2. The maximum atomic E-state index is 14.3. The summed E-state index contributed by atoms with van der Waals surface area (Å²) in [4.78, 5) is 44.3. The molecule has 244 valence electrons. The Morgan fingerprint density at radius 3 is 2.38 bits per heavy atom. The van der Waals surface area contributed by atoms with Crippen molar-refractivity contribution in [1.29, 1.82) is 0 Å². The molecule has 4 N–H and O–H groups in total. The summed E-state index contributed by atoms with van der Waals surface area (Å²) in [5.41, 5.74) is 2.04. The van der Waals surface area contributed by atoms with Gasteiger partial charge in [-0.05, 0) is 55.5 Å². The number of esters is 1.